The van der Waals surface area contributed by atoms with Crippen LogP contribution in [0.25, 0.3) is 11.3 Å². The highest BCUT2D eigenvalue weighted by molar-refractivity contribution is 7.14. The van der Waals surface area contributed by atoms with Crippen LogP contribution in [0, 0.1) is 19.8 Å². The monoisotopic (exact) mass is 395 g/mol. The van der Waals surface area contributed by atoms with Gasteiger partial charge in [0.1, 0.15) is 5.76 Å². The summed E-state index contributed by atoms with van der Waals surface area (Å²) in [7, 11) is 0. The Balaban J connectivity index is 1.41. The molecule has 0 aliphatic carbocycles. The average Bonchev–Trinajstić information content (AvgIpc) is 3.40. The molecular weight excluding hydrogens is 374 g/mol. The van der Waals surface area contributed by atoms with Gasteiger partial charge in [0.05, 0.1) is 24.4 Å². The van der Waals surface area contributed by atoms with Gasteiger partial charge in [0.15, 0.2) is 5.13 Å². The van der Waals surface area contributed by atoms with E-state index in [0.717, 1.165) is 16.8 Å². The smallest absolute Gasteiger partial charge is 0.231 e. The first-order valence-electron chi connectivity index (χ1n) is 9.14. The normalized spacial score (nSPS) is 16.6. The minimum Gasteiger partial charge on any atom is -0.467 e. The van der Waals surface area contributed by atoms with Gasteiger partial charge in [0, 0.05) is 23.9 Å². The summed E-state index contributed by atoms with van der Waals surface area (Å²) in [6.45, 7) is 4.87. The van der Waals surface area contributed by atoms with Gasteiger partial charge in [-0.05, 0) is 37.6 Å². The van der Waals surface area contributed by atoms with E-state index in [-0.39, 0.29) is 24.2 Å². The van der Waals surface area contributed by atoms with Crippen LogP contribution in [0.15, 0.2) is 46.4 Å². The molecular formula is C21H21N3O3S. The zero-order valence-corrected chi connectivity index (χ0v) is 16.6. The first kappa shape index (κ1) is 18.4. The molecule has 4 rings (SSSR count). The Bertz CT molecular complexity index is 1010. The number of amides is 2. The van der Waals surface area contributed by atoms with Crippen molar-refractivity contribution in [1.29, 1.82) is 0 Å². The molecule has 2 amide bonds. The first-order chi connectivity index (χ1) is 13.5. The number of carbonyl (C=O) groups is 2. The maximum atomic E-state index is 12.6. The molecule has 6 nitrogen and oxygen atoms in total. The fourth-order valence-electron chi connectivity index (χ4n) is 3.37. The Kier molecular flexibility index (Phi) is 5.00. The van der Waals surface area contributed by atoms with Crippen molar-refractivity contribution < 1.29 is 14.0 Å². The van der Waals surface area contributed by atoms with E-state index in [1.807, 2.05) is 25.3 Å². The molecule has 1 fully saturated rings. The van der Waals surface area contributed by atoms with E-state index in [2.05, 4.69) is 28.5 Å². The van der Waals surface area contributed by atoms with Gasteiger partial charge in [-0.2, -0.15) is 0 Å². The standard InChI is InChI=1S/C21H21N3O3S/c1-13-5-6-14(2)17(8-13)18-12-28-21(22-18)23-20(26)15-9-19(25)24(10-15)11-16-4-3-7-27-16/h3-8,12,15H,9-11H2,1-2H3,(H,22,23,26)/t15-/m1/s1. The van der Waals surface area contributed by atoms with Crippen molar-refractivity contribution >= 4 is 28.3 Å². The molecule has 3 heterocycles. The van der Waals surface area contributed by atoms with Gasteiger partial charge in [0.25, 0.3) is 0 Å². The molecule has 28 heavy (non-hydrogen) atoms. The molecule has 0 radical (unpaired) electrons. The summed E-state index contributed by atoms with van der Waals surface area (Å²) in [6, 6.07) is 9.85. The van der Waals surface area contributed by atoms with Crippen molar-refractivity contribution in [3.8, 4) is 11.3 Å². The number of carbonyl (C=O) groups excluding carboxylic acids is 2. The number of nitrogens with one attached hydrogen (secondary N) is 1. The van der Waals surface area contributed by atoms with E-state index in [4.69, 9.17) is 4.42 Å². The van der Waals surface area contributed by atoms with E-state index in [0.29, 0.717) is 24.0 Å². The fourth-order valence-corrected chi connectivity index (χ4v) is 4.08. The number of hydrogen-bond donors (Lipinski definition) is 1. The van der Waals surface area contributed by atoms with Crippen molar-refractivity contribution in [2.24, 2.45) is 5.92 Å². The Hall–Kier alpha value is -2.93. The van der Waals surface area contributed by atoms with Crippen molar-refractivity contribution in [2.75, 3.05) is 11.9 Å². The number of rotatable bonds is 5. The third-order valence-corrected chi connectivity index (χ3v) is 5.67. The predicted octanol–water partition coefficient (Wildman–Crippen LogP) is 4.01. The van der Waals surface area contributed by atoms with Crippen molar-refractivity contribution in [1.82, 2.24) is 9.88 Å². The van der Waals surface area contributed by atoms with Crippen LogP contribution in [0.2, 0.25) is 0 Å². The quantitative estimate of drug-likeness (QED) is 0.708. The Morgan fingerprint density at radius 3 is 3.00 bits per heavy atom. The summed E-state index contributed by atoms with van der Waals surface area (Å²) in [5.41, 5.74) is 4.23. The Morgan fingerprint density at radius 2 is 2.21 bits per heavy atom. The van der Waals surface area contributed by atoms with Crippen LogP contribution in [-0.4, -0.2) is 28.2 Å². The van der Waals surface area contributed by atoms with Gasteiger partial charge >= 0.3 is 0 Å². The number of benzene rings is 1. The average molecular weight is 395 g/mol. The zero-order valence-electron chi connectivity index (χ0n) is 15.8. The van der Waals surface area contributed by atoms with Crippen molar-refractivity contribution in [3.63, 3.8) is 0 Å². The molecule has 0 spiro atoms. The topological polar surface area (TPSA) is 75.4 Å². The minimum absolute atomic E-state index is 0.0354. The molecule has 0 saturated carbocycles. The SMILES string of the molecule is Cc1ccc(C)c(-c2csc(NC(=O)[C@@H]3CC(=O)N(Cc4ccco4)C3)n2)c1. The third-order valence-electron chi connectivity index (χ3n) is 4.92. The van der Waals surface area contributed by atoms with Crippen LogP contribution in [0.1, 0.15) is 23.3 Å². The second-order valence-corrected chi connectivity index (χ2v) is 7.96. The number of thiazole rings is 1. The Morgan fingerprint density at radius 1 is 1.36 bits per heavy atom. The molecule has 7 heteroatoms. The number of furan rings is 1. The zero-order chi connectivity index (χ0) is 19.7. The highest BCUT2D eigenvalue weighted by Crippen LogP contribution is 2.29. The second kappa shape index (κ2) is 7.59. The lowest BCUT2D eigenvalue weighted by atomic mass is 10.0. The van der Waals surface area contributed by atoms with Gasteiger partial charge in [-0.15, -0.1) is 11.3 Å². The molecule has 1 aromatic carbocycles. The molecule has 144 valence electrons. The van der Waals surface area contributed by atoms with Gasteiger partial charge in [-0.25, -0.2) is 4.98 Å². The van der Waals surface area contributed by atoms with Crippen LogP contribution in [0.4, 0.5) is 5.13 Å². The second-order valence-electron chi connectivity index (χ2n) is 7.10. The predicted molar refractivity (Wildman–Crippen MR) is 108 cm³/mol. The lowest BCUT2D eigenvalue weighted by Gasteiger charge is -2.14. The molecule has 1 atom stereocenters. The highest BCUT2D eigenvalue weighted by atomic mass is 32.1. The van der Waals surface area contributed by atoms with Crippen molar-refractivity contribution in [2.45, 2.75) is 26.8 Å². The molecule has 0 unspecified atom stereocenters. The third kappa shape index (κ3) is 3.84. The summed E-state index contributed by atoms with van der Waals surface area (Å²) >= 11 is 1.39. The van der Waals surface area contributed by atoms with E-state index < -0.39 is 0 Å². The minimum atomic E-state index is -0.379. The number of hydrogen-bond acceptors (Lipinski definition) is 5. The van der Waals surface area contributed by atoms with Crippen molar-refractivity contribution in [3.05, 3.63) is 58.9 Å². The molecule has 1 saturated heterocycles. The molecule has 2 aromatic heterocycles. The number of nitrogens with zero attached hydrogens (tertiary/aromatic N) is 2. The van der Waals surface area contributed by atoms with Crippen LogP contribution >= 0.6 is 11.3 Å². The number of aryl methyl sites for hydroxylation is 2. The van der Waals surface area contributed by atoms with Crippen LogP contribution in [-0.2, 0) is 16.1 Å². The number of likely N-dealkylation sites (tertiary alicyclic amines) is 1. The lowest BCUT2D eigenvalue weighted by Crippen LogP contribution is -2.27. The van der Waals surface area contributed by atoms with E-state index in [1.54, 1.807) is 17.2 Å². The largest absolute Gasteiger partial charge is 0.467 e. The number of anilines is 1. The maximum absolute atomic E-state index is 12.6. The summed E-state index contributed by atoms with van der Waals surface area (Å²) < 4.78 is 5.30. The summed E-state index contributed by atoms with van der Waals surface area (Å²) in [4.78, 5) is 31.1. The molecule has 1 aliphatic heterocycles. The lowest BCUT2D eigenvalue weighted by molar-refractivity contribution is -0.128. The number of aromatic nitrogens is 1. The van der Waals surface area contributed by atoms with Crippen LogP contribution in [0.3, 0.4) is 0 Å². The molecule has 3 aromatic rings. The van der Waals surface area contributed by atoms with Crippen LogP contribution in [0.5, 0.6) is 0 Å². The molecule has 0 bridgehead atoms. The first-order valence-corrected chi connectivity index (χ1v) is 10.0. The van der Waals surface area contributed by atoms with Gasteiger partial charge in [0.2, 0.25) is 11.8 Å². The van der Waals surface area contributed by atoms with E-state index >= 15 is 0 Å². The maximum Gasteiger partial charge on any atom is 0.231 e. The van der Waals surface area contributed by atoms with E-state index in [9.17, 15) is 9.59 Å². The Labute approximate surface area is 167 Å². The van der Waals surface area contributed by atoms with Gasteiger partial charge < -0.3 is 14.6 Å². The summed E-state index contributed by atoms with van der Waals surface area (Å²) in [5, 5.41) is 5.37. The summed E-state index contributed by atoms with van der Waals surface area (Å²) in [6.07, 6.45) is 1.79. The van der Waals surface area contributed by atoms with Crippen LogP contribution < -0.4 is 5.32 Å². The molecule has 1 aliphatic rings. The fraction of sp³-hybridized carbons (Fsp3) is 0.286. The summed E-state index contributed by atoms with van der Waals surface area (Å²) in [5.74, 6) is 0.131. The van der Waals surface area contributed by atoms with E-state index in [1.165, 1.54) is 16.9 Å². The van der Waals surface area contributed by atoms with Gasteiger partial charge in [-0.3, -0.25) is 9.59 Å². The van der Waals surface area contributed by atoms with Gasteiger partial charge in [-0.1, -0.05) is 17.7 Å². The molecule has 1 N–H and O–H groups in total. The highest BCUT2D eigenvalue weighted by Gasteiger charge is 2.35.